The van der Waals surface area contributed by atoms with Gasteiger partial charge in [-0.25, -0.2) is 4.68 Å². The molecule has 1 aliphatic rings. The minimum atomic E-state index is -4.58. The second-order valence-electron chi connectivity index (χ2n) is 7.96. The molecule has 0 atom stereocenters. The van der Waals surface area contributed by atoms with E-state index in [9.17, 15) is 18.0 Å². The molecule has 0 saturated heterocycles. The van der Waals surface area contributed by atoms with Gasteiger partial charge in [-0.05, 0) is 36.5 Å². The average molecular weight is 443 g/mol. The average Bonchev–Trinajstić information content (AvgIpc) is 2.80. The number of aromatic nitrogens is 3. The molecule has 1 fully saturated rings. The van der Waals surface area contributed by atoms with E-state index in [0.717, 1.165) is 48.4 Å². The van der Waals surface area contributed by atoms with Crippen molar-refractivity contribution in [2.45, 2.75) is 50.7 Å². The van der Waals surface area contributed by atoms with Crippen LogP contribution in [-0.4, -0.2) is 21.9 Å². The smallest absolute Gasteiger partial charge is 0.418 e. The lowest BCUT2D eigenvalue weighted by Gasteiger charge is -2.25. The largest absolute Gasteiger partial charge is 0.480 e. The van der Waals surface area contributed by atoms with E-state index < -0.39 is 17.3 Å². The molecule has 0 spiro atoms. The fraction of sp³-hybridized carbons (Fsp3) is 0.375. The summed E-state index contributed by atoms with van der Waals surface area (Å²) < 4.78 is 47.1. The highest BCUT2D eigenvalue weighted by Crippen LogP contribution is 2.40. The van der Waals surface area contributed by atoms with Crippen LogP contribution in [0.2, 0.25) is 0 Å². The number of halogens is 3. The number of alkyl halides is 3. The Bertz CT molecular complexity index is 1140. The molecule has 1 aliphatic carbocycles. The molecule has 2 aromatic heterocycles. The van der Waals surface area contributed by atoms with E-state index in [-0.39, 0.29) is 24.0 Å². The number of hydrogen-bond donors (Lipinski definition) is 0. The number of pyridine rings is 1. The van der Waals surface area contributed by atoms with Gasteiger partial charge in [0.25, 0.3) is 5.56 Å². The third-order valence-electron chi connectivity index (χ3n) is 5.92. The van der Waals surface area contributed by atoms with Crippen LogP contribution in [0.15, 0.2) is 53.5 Å². The Balaban J connectivity index is 1.90. The number of methoxy groups -OCH3 is 1. The van der Waals surface area contributed by atoms with Gasteiger partial charge in [-0.2, -0.15) is 13.2 Å². The molecule has 0 bridgehead atoms. The van der Waals surface area contributed by atoms with E-state index in [1.165, 1.54) is 19.4 Å². The SMILES string of the molecule is COc1nn(Cc2ncccc2C(F)(F)F)c(=O)c(C2CCCCC2)c1-c1ccccc1. The van der Waals surface area contributed by atoms with Gasteiger partial charge in [-0.3, -0.25) is 9.78 Å². The highest BCUT2D eigenvalue weighted by Gasteiger charge is 2.34. The fourth-order valence-corrected chi connectivity index (χ4v) is 4.43. The van der Waals surface area contributed by atoms with E-state index in [2.05, 4.69) is 10.1 Å². The molecule has 1 saturated carbocycles. The van der Waals surface area contributed by atoms with E-state index in [1.54, 1.807) is 0 Å². The molecule has 0 aliphatic heterocycles. The molecular weight excluding hydrogens is 419 g/mol. The van der Waals surface area contributed by atoms with Gasteiger partial charge in [-0.1, -0.05) is 49.6 Å². The Morgan fingerprint density at radius 2 is 1.78 bits per heavy atom. The highest BCUT2D eigenvalue weighted by molar-refractivity contribution is 5.72. The lowest BCUT2D eigenvalue weighted by Crippen LogP contribution is -2.31. The van der Waals surface area contributed by atoms with Crippen LogP contribution >= 0.6 is 0 Å². The lowest BCUT2D eigenvalue weighted by molar-refractivity contribution is -0.138. The maximum atomic E-state index is 13.6. The van der Waals surface area contributed by atoms with Crippen molar-refractivity contribution in [1.29, 1.82) is 0 Å². The number of hydrogen-bond acceptors (Lipinski definition) is 4. The summed E-state index contributed by atoms with van der Waals surface area (Å²) in [6, 6.07) is 11.6. The maximum Gasteiger partial charge on any atom is 0.418 e. The van der Waals surface area contributed by atoms with E-state index >= 15 is 0 Å². The van der Waals surface area contributed by atoms with Crippen molar-refractivity contribution in [3.05, 3.63) is 75.8 Å². The minimum Gasteiger partial charge on any atom is -0.480 e. The van der Waals surface area contributed by atoms with Crippen LogP contribution in [0.1, 0.15) is 54.8 Å². The predicted octanol–water partition coefficient (Wildman–Crippen LogP) is 5.43. The van der Waals surface area contributed by atoms with Gasteiger partial charge in [0.1, 0.15) is 0 Å². The predicted molar refractivity (Wildman–Crippen MR) is 115 cm³/mol. The second kappa shape index (κ2) is 9.14. The van der Waals surface area contributed by atoms with Crippen LogP contribution in [0, 0.1) is 0 Å². The number of ether oxygens (including phenoxy) is 1. The first-order valence-corrected chi connectivity index (χ1v) is 10.7. The van der Waals surface area contributed by atoms with Gasteiger partial charge < -0.3 is 4.74 Å². The Morgan fingerprint density at radius 1 is 1.06 bits per heavy atom. The summed E-state index contributed by atoms with van der Waals surface area (Å²) >= 11 is 0. The number of rotatable bonds is 5. The quantitative estimate of drug-likeness (QED) is 0.528. The summed E-state index contributed by atoms with van der Waals surface area (Å²) in [5.74, 6) is 0.223. The van der Waals surface area contributed by atoms with E-state index in [4.69, 9.17) is 4.74 Å². The molecule has 0 amide bonds. The third-order valence-corrected chi connectivity index (χ3v) is 5.92. The normalized spacial score (nSPS) is 15.0. The summed E-state index contributed by atoms with van der Waals surface area (Å²) in [6.45, 7) is -0.389. The standard InChI is InChI=1S/C24H24F3N3O2/c1-32-22-20(16-9-4-2-5-10-16)21(17-11-6-3-7-12-17)23(31)30(29-22)15-19-18(24(25,26)27)13-8-14-28-19/h2,4-5,8-10,13-14,17H,3,6-7,11-12,15H2,1H3. The number of benzene rings is 1. The summed E-state index contributed by atoms with van der Waals surface area (Å²) in [5, 5.41) is 4.32. The molecular formula is C24H24F3N3O2. The van der Waals surface area contributed by atoms with Crippen LogP contribution < -0.4 is 10.3 Å². The first-order valence-electron chi connectivity index (χ1n) is 10.7. The summed E-state index contributed by atoms with van der Waals surface area (Å²) in [5.41, 5.74) is 0.467. The molecule has 5 nitrogen and oxygen atoms in total. The molecule has 0 unspecified atom stereocenters. The van der Waals surface area contributed by atoms with Gasteiger partial charge in [0.2, 0.25) is 5.88 Å². The summed E-state index contributed by atoms with van der Waals surface area (Å²) in [4.78, 5) is 17.5. The Kier molecular flexibility index (Phi) is 6.30. The van der Waals surface area contributed by atoms with Crippen molar-refractivity contribution >= 4 is 0 Å². The first-order chi connectivity index (χ1) is 15.4. The third kappa shape index (κ3) is 4.40. The Labute approximate surface area is 183 Å². The minimum absolute atomic E-state index is 0.000394. The van der Waals surface area contributed by atoms with Gasteiger partial charge in [0.05, 0.1) is 30.5 Å². The molecule has 168 valence electrons. The van der Waals surface area contributed by atoms with Crippen molar-refractivity contribution in [2.75, 3.05) is 7.11 Å². The zero-order valence-electron chi connectivity index (χ0n) is 17.7. The molecule has 2 heterocycles. The van der Waals surface area contributed by atoms with Crippen LogP contribution in [0.5, 0.6) is 5.88 Å². The molecule has 4 rings (SSSR count). The molecule has 3 aromatic rings. The van der Waals surface area contributed by atoms with E-state index in [1.807, 2.05) is 30.3 Å². The Hall–Kier alpha value is -3.16. The van der Waals surface area contributed by atoms with Crippen LogP contribution in [0.25, 0.3) is 11.1 Å². The van der Waals surface area contributed by atoms with Crippen LogP contribution in [0.3, 0.4) is 0 Å². The fourth-order valence-electron chi connectivity index (χ4n) is 4.43. The molecule has 0 radical (unpaired) electrons. The zero-order valence-corrected chi connectivity index (χ0v) is 17.7. The lowest BCUT2D eigenvalue weighted by atomic mass is 9.81. The number of nitrogens with zero attached hydrogens (tertiary/aromatic N) is 3. The van der Waals surface area contributed by atoms with Gasteiger partial charge in [0, 0.05) is 11.8 Å². The molecule has 0 N–H and O–H groups in total. The van der Waals surface area contributed by atoms with Crippen LogP contribution in [0.4, 0.5) is 13.2 Å². The molecule has 8 heteroatoms. The van der Waals surface area contributed by atoms with Gasteiger partial charge in [-0.15, -0.1) is 5.10 Å². The van der Waals surface area contributed by atoms with Crippen molar-refractivity contribution in [1.82, 2.24) is 14.8 Å². The second-order valence-corrected chi connectivity index (χ2v) is 7.96. The van der Waals surface area contributed by atoms with Crippen molar-refractivity contribution < 1.29 is 17.9 Å². The van der Waals surface area contributed by atoms with Crippen LogP contribution in [-0.2, 0) is 12.7 Å². The maximum absolute atomic E-state index is 13.6. The monoisotopic (exact) mass is 443 g/mol. The van der Waals surface area contributed by atoms with Crippen molar-refractivity contribution in [3.63, 3.8) is 0 Å². The molecule has 1 aromatic carbocycles. The topological polar surface area (TPSA) is 57.0 Å². The highest BCUT2D eigenvalue weighted by atomic mass is 19.4. The van der Waals surface area contributed by atoms with Crippen molar-refractivity contribution in [3.8, 4) is 17.0 Å². The van der Waals surface area contributed by atoms with Gasteiger partial charge >= 0.3 is 6.18 Å². The van der Waals surface area contributed by atoms with Crippen molar-refractivity contribution in [2.24, 2.45) is 0 Å². The summed E-state index contributed by atoms with van der Waals surface area (Å²) in [7, 11) is 1.45. The Morgan fingerprint density at radius 3 is 2.44 bits per heavy atom. The van der Waals surface area contributed by atoms with Gasteiger partial charge in [0.15, 0.2) is 0 Å². The first kappa shape index (κ1) is 22.0. The van der Waals surface area contributed by atoms with E-state index in [0.29, 0.717) is 11.1 Å². The molecule has 32 heavy (non-hydrogen) atoms. The summed E-state index contributed by atoms with van der Waals surface area (Å²) in [6.07, 6.45) is 1.51. The zero-order chi connectivity index (χ0) is 22.7.